The molecule has 0 bridgehead atoms. The first kappa shape index (κ1) is 84.5. The Balaban J connectivity index is 0.0000396. The first-order valence-electron chi connectivity index (χ1n) is 39.8. The molecule has 0 aliphatic heterocycles. The van der Waals surface area contributed by atoms with Crippen molar-refractivity contribution in [3.8, 4) is 11.8 Å². The van der Waals surface area contributed by atoms with Crippen LogP contribution in [-0.4, -0.2) is 11.4 Å². The van der Waals surface area contributed by atoms with Gasteiger partial charge in [0.1, 0.15) is 5.71 Å². The van der Waals surface area contributed by atoms with Gasteiger partial charge in [-0.15, -0.1) is 0 Å². The quantitative estimate of drug-likeness (QED) is 0.0207. The Morgan fingerprint density at radius 3 is 0.865 bits per heavy atom. The fraction of sp³-hybridized carbons (Fsp3) is 0.767. The minimum atomic E-state index is 0. The van der Waals surface area contributed by atoms with E-state index in [9.17, 15) is 0 Å². The molecule has 3 heteroatoms. The number of para-hydroxylation sites is 2. The van der Waals surface area contributed by atoms with Gasteiger partial charge in [-0.1, -0.05) is 403 Å². The Kier molecular flexibility index (Phi) is 66.3. The van der Waals surface area contributed by atoms with Crippen molar-refractivity contribution in [2.24, 2.45) is 9.98 Å². The van der Waals surface area contributed by atoms with Crippen LogP contribution in [-0.2, 0) is 33.3 Å². The van der Waals surface area contributed by atoms with Gasteiger partial charge < -0.3 is 0 Å². The summed E-state index contributed by atoms with van der Waals surface area (Å²) in [5.74, 6) is 7.26. The Labute approximate surface area is 571 Å². The summed E-state index contributed by atoms with van der Waals surface area (Å²) in [6.45, 7) is 9.21. The Hall–Kier alpha value is -2.52. The molecule has 2 rings (SSSR count). The molecule has 0 heterocycles. The van der Waals surface area contributed by atoms with Gasteiger partial charge in [0.25, 0.3) is 0 Å². The monoisotopic (exact) mass is 1320 g/mol. The van der Waals surface area contributed by atoms with Crippen molar-refractivity contribution >= 4 is 22.8 Å². The third-order valence-corrected chi connectivity index (χ3v) is 18.8. The first-order valence-corrected chi connectivity index (χ1v) is 39.8. The van der Waals surface area contributed by atoms with Crippen molar-refractivity contribution in [1.29, 1.82) is 0 Å². The molecule has 0 N–H and O–H groups in total. The summed E-state index contributed by atoms with van der Waals surface area (Å²) in [5, 5.41) is 0. The van der Waals surface area contributed by atoms with Gasteiger partial charge in [0.2, 0.25) is 0 Å². The summed E-state index contributed by atoms with van der Waals surface area (Å²) in [4.78, 5) is 11.0. The van der Waals surface area contributed by atoms with Crippen LogP contribution in [0.4, 0.5) is 11.4 Å². The molecule has 0 aliphatic carbocycles. The number of nitrogens with zero attached hydrogens (tertiary/aromatic N) is 2. The van der Waals surface area contributed by atoms with Crippen molar-refractivity contribution in [3.05, 3.63) is 84.0 Å². The molecular formula is C86H148N2Pd+2. The molecule has 0 aliphatic rings. The Morgan fingerprint density at radius 2 is 0.551 bits per heavy atom. The molecule has 0 radical (unpaired) electrons. The van der Waals surface area contributed by atoms with Crippen LogP contribution in [0.1, 0.15) is 424 Å². The summed E-state index contributed by atoms with van der Waals surface area (Å²) >= 11 is 0. The van der Waals surface area contributed by atoms with Crippen LogP contribution < -0.4 is 0 Å². The molecule has 2 aromatic carbocycles. The standard InChI is InChI=1S/C86H148N2.Pd/c1-5-9-13-16-19-22-24-26-28-30-32-34-36-38-40-42-44-46-48-50-52-54-56-58-60-63-66-73-81-75-69-71-78-83(81)87-85(77-12-8-4)86(80-68-65-62-21-18-15-11-7-3)88-84-79-72-70-76-82(84)74-67-64-61-59-57-55-53-51-49-47-45-43-41-39-37-35-33-31-29-27-25-23-20-17-14-10-6-2;/h58-61,69-72,75-76,78-79H,5-57,62-67,73-74,77H2,1-4H3;/q;+2/b60-58+,61-59+,87-85?,88-86?;. The maximum Gasteiger partial charge on any atom is 2.00 e. The molecule has 89 heavy (non-hydrogen) atoms. The zero-order valence-corrected chi connectivity index (χ0v) is 61.5. The average Bonchev–Trinajstić information content (AvgIpc) is 3.06. The third kappa shape index (κ3) is 55.6. The van der Waals surface area contributed by atoms with Gasteiger partial charge in [0, 0.05) is 6.42 Å². The molecule has 0 saturated carbocycles. The molecule has 0 amide bonds. The van der Waals surface area contributed by atoms with Crippen LogP contribution in [0.5, 0.6) is 0 Å². The number of aryl methyl sites for hydroxylation is 2. The third-order valence-electron chi connectivity index (χ3n) is 18.8. The van der Waals surface area contributed by atoms with E-state index in [1.165, 1.54) is 339 Å². The summed E-state index contributed by atoms with van der Waals surface area (Å²) in [5.41, 5.74) is 6.75. The van der Waals surface area contributed by atoms with E-state index in [4.69, 9.17) is 9.98 Å². The van der Waals surface area contributed by atoms with Crippen molar-refractivity contribution in [2.75, 3.05) is 0 Å². The van der Waals surface area contributed by atoms with Gasteiger partial charge in [-0.05, 0) is 113 Å². The van der Waals surface area contributed by atoms with Gasteiger partial charge in [-0.2, -0.15) is 0 Å². The second-order valence-corrected chi connectivity index (χ2v) is 27.4. The minimum Gasteiger partial charge on any atom is -0.250 e. The van der Waals surface area contributed by atoms with Crippen LogP contribution in [0.15, 0.2) is 82.8 Å². The van der Waals surface area contributed by atoms with E-state index in [2.05, 4.69) is 112 Å². The summed E-state index contributed by atoms with van der Waals surface area (Å²) in [6, 6.07) is 17.7. The number of allylic oxidation sites excluding steroid dienone is 4. The molecule has 0 unspecified atom stereocenters. The van der Waals surface area contributed by atoms with Crippen molar-refractivity contribution in [2.45, 2.75) is 426 Å². The van der Waals surface area contributed by atoms with E-state index in [0.29, 0.717) is 0 Å². The van der Waals surface area contributed by atoms with Crippen LogP contribution in [0.3, 0.4) is 0 Å². The van der Waals surface area contributed by atoms with Crippen molar-refractivity contribution < 1.29 is 20.4 Å². The number of aliphatic imine (C=N–C) groups is 2. The van der Waals surface area contributed by atoms with Crippen LogP contribution in [0, 0.1) is 11.8 Å². The van der Waals surface area contributed by atoms with Gasteiger partial charge >= 0.3 is 20.4 Å². The second kappa shape index (κ2) is 69.8. The maximum absolute atomic E-state index is 5.51. The van der Waals surface area contributed by atoms with Gasteiger partial charge in [0.05, 0.1) is 17.1 Å². The van der Waals surface area contributed by atoms with Crippen molar-refractivity contribution in [3.63, 3.8) is 0 Å². The van der Waals surface area contributed by atoms with Gasteiger partial charge in [-0.25, -0.2) is 4.99 Å². The summed E-state index contributed by atoms with van der Waals surface area (Å²) in [6.07, 6.45) is 94.1. The number of hydrogen-bond acceptors (Lipinski definition) is 2. The molecule has 0 spiro atoms. The molecule has 2 nitrogen and oxygen atoms in total. The molecule has 0 aromatic heterocycles. The van der Waals surface area contributed by atoms with E-state index in [-0.39, 0.29) is 20.4 Å². The van der Waals surface area contributed by atoms with Gasteiger partial charge in [0.15, 0.2) is 0 Å². The predicted octanol–water partition coefficient (Wildman–Crippen LogP) is 30.2. The summed E-state index contributed by atoms with van der Waals surface area (Å²) in [7, 11) is 0. The topological polar surface area (TPSA) is 24.7 Å². The van der Waals surface area contributed by atoms with Crippen LogP contribution in [0.25, 0.3) is 0 Å². The van der Waals surface area contributed by atoms with Crippen LogP contribution in [0.2, 0.25) is 0 Å². The fourth-order valence-corrected chi connectivity index (χ4v) is 12.8. The number of benzene rings is 2. The number of unbranched alkanes of at least 4 members (excludes halogenated alkanes) is 53. The molecular weight excluding hydrogens is 1170 g/mol. The number of rotatable bonds is 66. The minimum absolute atomic E-state index is 0. The van der Waals surface area contributed by atoms with Crippen molar-refractivity contribution in [1.82, 2.24) is 0 Å². The SMILES string of the molecule is CCCCCCCCC#CC(=Nc1ccccc1CCC/C=C/CCCCCCCCCCCCCCCCCCCCCCCC)C(CCCC)=Nc1ccccc1CCC/C=C/CCCCCCCCCCCCCCCCCCCCCCCC.[Pd+2]. The Bertz CT molecular complexity index is 1960. The fourth-order valence-electron chi connectivity index (χ4n) is 12.8. The van der Waals surface area contributed by atoms with E-state index in [0.717, 1.165) is 93.4 Å². The van der Waals surface area contributed by atoms with E-state index < -0.39 is 0 Å². The van der Waals surface area contributed by atoms with E-state index in [1.807, 2.05) is 0 Å². The zero-order chi connectivity index (χ0) is 62.6. The smallest absolute Gasteiger partial charge is 0.250 e. The summed E-state index contributed by atoms with van der Waals surface area (Å²) < 4.78 is 0. The first-order chi connectivity index (χ1) is 43.7. The zero-order valence-electron chi connectivity index (χ0n) is 60.0. The van der Waals surface area contributed by atoms with Crippen LogP contribution >= 0.6 is 0 Å². The van der Waals surface area contributed by atoms with E-state index in [1.54, 1.807) is 0 Å². The molecule has 0 atom stereocenters. The molecule has 510 valence electrons. The largest absolute Gasteiger partial charge is 2.00 e. The van der Waals surface area contributed by atoms with E-state index >= 15 is 0 Å². The predicted molar refractivity (Wildman–Crippen MR) is 400 cm³/mol. The average molecular weight is 1320 g/mol. The number of hydrogen-bond donors (Lipinski definition) is 0. The molecule has 2 aromatic rings. The normalized spacial score (nSPS) is 12.0. The second-order valence-electron chi connectivity index (χ2n) is 27.4. The van der Waals surface area contributed by atoms with Gasteiger partial charge in [-0.3, -0.25) is 4.99 Å². The molecule has 0 fully saturated rings. The molecule has 0 saturated heterocycles. The Morgan fingerprint density at radius 1 is 0.292 bits per heavy atom. The maximum atomic E-state index is 5.51.